The molecule has 1 atom stereocenters. The Balaban J connectivity index is 2.48. The Kier molecular flexibility index (Phi) is 3.67. The molecule has 0 heterocycles. The van der Waals surface area contributed by atoms with Gasteiger partial charge in [-0.2, -0.15) is 0 Å². The SMILES string of the molecule is CC(C)(C)OCC(O)c1ccccc1. The third kappa shape index (κ3) is 3.90. The molecule has 1 N–H and O–H groups in total. The van der Waals surface area contributed by atoms with Crippen molar-refractivity contribution in [1.29, 1.82) is 0 Å². The van der Waals surface area contributed by atoms with Crippen LogP contribution in [0.1, 0.15) is 32.4 Å². The zero-order valence-corrected chi connectivity index (χ0v) is 9.03. The minimum Gasteiger partial charge on any atom is -0.386 e. The highest BCUT2D eigenvalue weighted by molar-refractivity contribution is 5.17. The number of aliphatic hydroxyl groups is 1. The van der Waals surface area contributed by atoms with Crippen LogP contribution >= 0.6 is 0 Å². The summed E-state index contributed by atoms with van der Waals surface area (Å²) in [7, 11) is 0. The quantitative estimate of drug-likeness (QED) is 0.801. The van der Waals surface area contributed by atoms with Crippen molar-refractivity contribution in [2.75, 3.05) is 6.61 Å². The molecule has 14 heavy (non-hydrogen) atoms. The van der Waals surface area contributed by atoms with Gasteiger partial charge in [0.05, 0.1) is 12.2 Å². The van der Waals surface area contributed by atoms with Gasteiger partial charge in [0.25, 0.3) is 0 Å². The largest absolute Gasteiger partial charge is 0.386 e. The lowest BCUT2D eigenvalue weighted by Gasteiger charge is -2.22. The van der Waals surface area contributed by atoms with E-state index < -0.39 is 6.10 Å². The summed E-state index contributed by atoms with van der Waals surface area (Å²) in [6, 6.07) is 9.56. The van der Waals surface area contributed by atoms with E-state index in [-0.39, 0.29) is 5.60 Å². The molecule has 0 amide bonds. The van der Waals surface area contributed by atoms with Gasteiger partial charge >= 0.3 is 0 Å². The predicted molar refractivity (Wildman–Crippen MR) is 57.1 cm³/mol. The smallest absolute Gasteiger partial charge is 0.102 e. The molecule has 0 aliphatic rings. The van der Waals surface area contributed by atoms with Gasteiger partial charge in [0, 0.05) is 0 Å². The Morgan fingerprint density at radius 2 is 1.79 bits per heavy atom. The zero-order valence-electron chi connectivity index (χ0n) is 9.03. The number of aliphatic hydroxyl groups excluding tert-OH is 1. The van der Waals surface area contributed by atoms with E-state index in [0.29, 0.717) is 6.61 Å². The third-order valence-electron chi connectivity index (χ3n) is 1.86. The summed E-state index contributed by atoms with van der Waals surface area (Å²) in [5.74, 6) is 0. The summed E-state index contributed by atoms with van der Waals surface area (Å²) in [5.41, 5.74) is 0.701. The average molecular weight is 194 g/mol. The van der Waals surface area contributed by atoms with E-state index in [2.05, 4.69) is 0 Å². The van der Waals surface area contributed by atoms with E-state index in [1.165, 1.54) is 0 Å². The number of rotatable bonds is 3. The second-order valence-corrected chi connectivity index (χ2v) is 4.35. The van der Waals surface area contributed by atoms with Gasteiger partial charge < -0.3 is 9.84 Å². The van der Waals surface area contributed by atoms with Crippen molar-refractivity contribution < 1.29 is 9.84 Å². The van der Waals surface area contributed by atoms with Gasteiger partial charge in [-0.05, 0) is 26.3 Å². The normalized spacial score (nSPS) is 14.0. The first kappa shape index (κ1) is 11.2. The monoisotopic (exact) mass is 194 g/mol. The minimum atomic E-state index is -0.532. The van der Waals surface area contributed by atoms with Gasteiger partial charge in [-0.3, -0.25) is 0 Å². The van der Waals surface area contributed by atoms with Gasteiger partial charge in [-0.25, -0.2) is 0 Å². The number of hydrogen-bond acceptors (Lipinski definition) is 2. The van der Waals surface area contributed by atoms with Crippen LogP contribution in [0.25, 0.3) is 0 Å². The third-order valence-corrected chi connectivity index (χ3v) is 1.86. The van der Waals surface area contributed by atoms with Gasteiger partial charge in [-0.1, -0.05) is 30.3 Å². The van der Waals surface area contributed by atoms with Crippen molar-refractivity contribution in [3.05, 3.63) is 35.9 Å². The Morgan fingerprint density at radius 3 is 2.29 bits per heavy atom. The van der Waals surface area contributed by atoms with E-state index >= 15 is 0 Å². The molecule has 0 radical (unpaired) electrons. The first-order chi connectivity index (χ1) is 6.49. The van der Waals surface area contributed by atoms with Crippen molar-refractivity contribution in [2.24, 2.45) is 0 Å². The fraction of sp³-hybridized carbons (Fsp3) is 0.500. The Morgan fingerprint density at radius 1 is 1.21 bits per heavy atom. The summed E-state index contributed by atoms with van der Waals surface area (Å²) in [4.78, 5) is 0. The van der Waals surface area contributed by atoms with Crippen LogP contribution in [-0.2, 0) is 4.74 Å². The lowest BCUT2D eigenvalue weighted by atomic mass is 10.1. The van der Waals surface area contributed by atoms with Crippen LogP contribution in [0, 0.1) is 0 Å². The molecule has 0 fully saturated rings. The predicted octanol–water partition coefficient (Wildman–Crippen LogP) is 2.54. The number of benzene rings is 1. The van der Waals surface area contributed by atoms with Crippen LogP contribution in [0.5, 0.6) is 0 Å². The Bertz CT molecular complexity index is 261. The first-order valence-corrected chi connectivity index (χ1v) is 4.86. The van der Waals surface area contributed by atoms with E-state index in [9.17, 15) is 5.11 Å². The fourth-order valence-electron chi connectivity index (χ4n) is 1.10. The van der Waals surface area contributed by atoms with Crippen molar-refractivity contribution in [3.8, 4) is 0 Å². The van der Waals surface area contributed by atoms with Crippen molar-refractivity contribution >= 4 is 0 Å². The molecule has 1 aromatic carbocycles. The molecular formula is C12H18O2. The molecule has 2 nitrogen and oxygen atoms in total. The summed E-state index contributed by atoms with van der Waals surface area (Å²) >= 11 is 0. The summed E-state index contributed by atoms with van der Waals surface area (Å²) < 4.78 is 5.50. The lowest BCUT2D eigenvalue weighted by Crippen LogP contribution is -2.22. The first-order valence-electron chi connectivity index (χ1n) is 4.86. The standard InChI is InChI=1S/C12H18O2/c1-12(2,3)14-9-11(13)10-7-5-4-6-8-10/h4-8,11,13H,9H2,1-3H3. The van der Waals surface area contributed by atoms with Crippen LogP contribution < -0.4 is 0 Å². The summed E-state index contributed by atoms with van der Waals surface area (Å²) in [5, 5.41) is 9.76. The second kappa shape index (κ2) is 4.58. The van der Waals surface area contributed by atoms with Crippen LogP contribution in [0.4, 0.5) is 0 Å². The van der Waals surface area contributed by atoms with E-state index in [1.807, 2.05) is 51.1 Å². The van der Waals surface area contributed by atoms with Gasteiger partial charge in [0.2, 0.25) is 0 Å². The maximum atomic E-state index is 9.76. The number of hydrogen-bond donors (Lipinski definition) is 1. The highest BCUT2D eigenvalue weighted by Crippen LogP contribution is 2.16. The minimum absolute atomic E-state index is 0.199. The molecule has 0 spiro atoms. The van der Waals surface area contributed by atoms with E-state index in [1.54, 1.807) is 0 Å². The summed E-state index contributed by atoms with van der Waals surface area (Å²) in [6.07, 6.45) is -0.532. The Labute approximate surface area is 85.5 Å². The molecule has 0 aliphatic carbocycles. The number of ether oxygens (including phenoxy) is 1. The molecule has 1 rings (SSSR count). The maximum Gasteiger partial charge on any atom is 0.102 e. The fourth-order valence-corrected chi connectivity index (χ4v) is 1.10. The summed E-state index contributed by atoms with van der Waals surface area (Å²) in [6.45, 7) is 6.27. The van der Waals surface area contributed by atoms with Gasteiger partial charge in [-0.15, -0.1) is 0 Å². The van der Waals surface area contributed by atoms with Crippen LogP contribution in [-0.4, -0.2) is 17.3 Å². The van der Waals surface area contributed by atoms with Crippen molar-refractivity contribution in [1.82, 2.24) is 0 Å². The van der Waals surface area contributed by atoms with Crippen molar-refractivity contribution in [3.63, 3.8) is 0 Å². The maximum absolute atomic E-state index is 9.76. The molecule has 1 unspecified atom stereocenters. The molecular weight excluding hydrogens is 176 g/mol. The lowest BCUT2D eigenvalue weighted by molar-refractivity contribution is -0.0496. The molecule has 0 bridgehead atoms. The molecule has 1 aromatic rings. The highest BCUT2D eigenvalue weighted by Gasteiger charge is 2.14. The molecule has 0 saturated carbocycles. The molecule has 0 aromatic heterocycles. The second-order valence-electron chi connectivity index (χ2n) is 4.35. The van der Waals surface area contributed by atoms with Gasteiger partial charge in [0.1, 0.15) is 6.10 Å². The molecule has 0 aliphatic heterocycles. The van der Waals surface area contributed by atoms with E-state index in [4.69, 9.17) is 4.74 Å². The van der Waals surface area contributed by atoms with Crippen molar-refractivity contribution in [2.45, 2.75) is 32.5 Å². The Hall–Kier alpha value is -0.860. The molecule has 78 valence electrons. The average Bonchev–Trinajstić information content (AvgIpc) is 2.14. The van der Waals surface area contributed by atoms with E-state index in [0.717, 1.165) is 5.56 Å². The van der Waals surface area contributed by atoms with Crippen LogP contribution in [0.15, 0.2) is 30.3 Å². The van der Waals surface area contributed by atoms with Crippen LogP contribution in [0.3, 0.4) is 0 Å². The van der Waals surface area contributed by atoms with Gasteiger partial charge in [0.15, 0.2) is 0 Å². The topological polar surface area (TPSA) is 29.5 Å². The molecule has 0 saturated heterocycles. The highest BCUT2D eigenvalue weighted by atomic mass is 16.5. The van der Waals surface area contributed by atoms with Crippen LogP contribution in [0.2, 0.25) is 0 Å². The zero-order chi connectivity index (χ0) is 10.6. The molecule has 2 heteroatoms.